The Labute approximate surface area is 132 Å². The number of nitrogens with one attached hydrogen (secondary N) is 3. The Balaban J connectivity index is 2.07. The van der Waals surface area contributed by atoms with Gasteiger partial charge in [-0.15, -0.1) is 0 Å². The van der Waals surface area contributed by atoms with Crippen LogP contribution in [0.1, 0.15) is 41.5 Å². The maximum Gasteiger partial charge on any atom is 0.323 e. The normalized spacial score (nSPS) is 11.3. The summed E-state index contributed by atoms with van der Waals surface area (Å²) in [5.41, 5.74) is 3.96. The molecule has 0 unspecified atom stereocenters. The van der Waals surface area contributed by atoms with E-state index >= 15 is 0 Å². The van der Waals surface area contributed by atoms with Gasteiger partial charge in [0.2, 0.25) is 0 Å². The van der Waals surface area contributed by atoms with Crippen LogP contribution in [0.25, 0.3) is 11.0 Å². The number of anilines is 1. The highest BCUT2D eigenvalue weighted by molar-refractivity contribution is 6.08. The number of hydrogen-bond donors (Lipinski definition) is 3. The van der Waals surface area contributed by atoms with E-state index in [1.165, 1.54) is 0 Å². The zero-order valence-electron chi connectivity index (χ0n) is 13.5. The Bertz CT molecular complexity index is 945. The molecule has 1 amide bonds. The summed E-state index contributed by atoms with van der Waals surface area (Å²) in [4.78, 5) is 29.7. The summed E-state index contributed by atoms with van der Waals surface area (Å²) in [6.45, 7) is 7.77. The van der Waals surface area contributed by atoms with Gasteiger partial charge in [-0.3, -0.25) is 9.48 Å². The standard InChI is InChI=1S/C16H19N5O2/c1-8(2)21-12(5-6-17-21)15(22)19-13-10(4)9(3)7-11-14(13)20-16(23)18-11/h5-8H,1-4H3,(H,19,22)(H2,18,20,23). The number of aryl methyl sites for hydroxylation is 1. The highest BCUT2D eigenvalue weighted by Gasteiger charge is 2.18. The summed E-state index contributed by atoms with van der Waals surface area (Å²) in [7, 11) is 0. The van der Waals surface area contributed by atoms with Crippen molar-refractivity contribution in [3.05, 3.63) is 45.6 Å². The largest absolute Gasteiger partial charge is 0.323 e. The van der Waals surface area contributed by atoms with Crippen LogP contribution < -0.4 is 11.0 Å². The number of carbonyl (C=O) groups is 1. The summed E-state index contributed by atoms with van der Waals surface area (Å²) in [6, 6.07) is 3.64. The third-order valence-corrected chi connectivity index (χ3v) is 3.96. The minimum atomic E-state index is -0.298. The first-order valence-electron chi connectivity index (χ1n) is 7.45. The SMILES string of the molecule is Cc1cc2[nH]c(=O)[nH]c2c(NC(=O)c2ccnn2C(C)C)c1C. The zero-order chi connectivity index (χ0) is 16.7. The molecule has 1 aromatic carbocycles. The molecule has 7 heteroatoms. The molecular weight excluding hydrogens is 294 g/mol. The second-order valence-electron chi connectivity index (χ2n) is 5.90. The molecule has 0 saturated carbocycles. The number of carbonyl (C=O) groups excluding carboxylic acids is 1. The lowest BCUT2D eigenvalue weighted by molar-refractivity contribution is 0.101. The van der Waals surface area contributed by atoms with E-state index in [4.69, 9.17) is 0 Å². The fraction of sp³-hybridized carbons (Fsp3) is 0.312. The fourth-order valence-corrected chi connectivity index (χ4v) is 2.65. The van der Waals surface area contributed by atoms with Crippen molar-refractivity contribution < 1.29 is 4.79 Å². The van der Waals surface area contributed by atoms with Crippen molar-refractivity contribution in [2.45, 2.75) is 33.7 Å². The van der Waals surface area contributed by atoms with Gasteiger partial charge in [0.15, 0.2) is 0 Å². The molecule has 0 radical (unpaired) electrons. The summed E-state index contributed by atoms with van der Waals surface area (Å²) >= 11 is 0. The van der Waals surface area contributed by atoms with Crippen molar-refractivity contribution in [1.82, 2.24) is 19.7 Å². The van der Waals surface area contributed by atoms with E-state index in [0.717, 1.165) is 11.1 Å². The van der Waals surface area contributed by atoms with Gasteiger partial charge >= 0.3 is 5.69 Å². The number of benzene rings is 1. The molecule has 0 aliphatic rings. The Kier molecular flexibility index (Phi) is 3.55. The van der Waals surface area contributed by atoms with Gasteiger partial charge in [-0.1, -0.05) is 0 Å². The first-order valence-corrected chi connectivity index (χ1v) is 7.45. The van der Waals surface area contributed by atoms with Crippen molar-refractivity contribution in [2.75, 3.05) is 5.32 Å². The van der Waals surface area contributed by atoms with Gasteiger partial charge in [0.25, 0.3) is 5.91 Å². The van der Waals surface area contributed by atoms with Crippen LogP contribution in [0.2, 0.25) is 0 Å². The summed E-state index contributed by atoms with van der Waals surface area (Å²) in [6.07, 6.45) is 1.60. The molecule has 0 saturated heterocycles. The second-order valence-corrected chi connectivity index (χ2v) is 5.90. The van der Waals surface area contributed by atoms with Gasteiger partial charge in [0, 0.05) is 12.2 Å². The lowest BCUT2D eigenvalue weighted by atomic mass is 10.1. The number of aromatic amines is 2. The van der Waals surface area contributed by atoms with Crippen LogP contribution in [-0.2, 0) is 0 Å². The van der Waals surface area contributed by atoms with Crippen molar-refractivity contribution in [2.24, 2.45) is 0 Å². The smallest absolute Gasteiger partial charge is 0.319 e. The average molecular weight is 313 g/mol. The van der Waals surface area contributed by atoms with Crippen LogP contribution in [0.4, 0.5) is 5.69 Å². The van der Waals surface area contributed by atoms with Gasteiger partial charge < -0.3 is 15.3 Å². The van der Waals surface area contributed by atoms with Gasteiger partial charge in [0.1, 0.15) is 5.69 Å². The van der Waals surface area contributed by atoms with Crippen molar-refractivity contribution in [3.63, 3.8) is 0 Å². The lowest BCUT2D eigenvalue weighted by Crippen LogP contribution is -2.19. The molecule has 2 heterocycles. The molecule has 3 N–H and O–H groups in total. The van der Waals surface area contributed by atoms with Crippen LogP contribution in [0.5, 0.6) is 0 Å². The molecule has 3 aromatic rings. The third-order valence-electron chi connectivity index (χ3n) is 3.96. The highest BCUT2D eigenvalue weighted by Crippen LogP contribution is 2.27. The van der Waals surface area contributed by atoms with E-state index in [9.17, 15) is 9.59 Å². The van der Waals surface area contributed by atoms with Crippen molar-refractivity contribution in [3.8, 4) is 0 Å². The predicted octanol–water partition coefficient (Wildman–Crippen LogP) is 2.50. The van der Waals surface area contributed by atoms with Crippen LogP contribution in [-0.4, -0.2) is 25.7 Å². The molecule has 0 fully saturated rings. The van der Waals surface area contributed by atoms with E-state index in [0.29, 0.717) is 22.4 Å². The van der Waals surface area contributed by atoms with Crippen LogP contribution in [0, 0.1) is 13.8 Å². The fourth-order valence-electron chi connectivity index (χ4n) is 2.65. The lowest BCUT2D eigenvalue weighted by Gasteiger charge is -2.14. The van der Waals surface area contributed by atoms with Crippen LogP contribution >= 0.6 is 0 Å². The number of aromatic nitrogens is 4. The Morgan fingerprint density at radius 3 is 2.74 bits per heavy atom. The summed E-state index contributed by atoms with van der Waals surface area (Å²) < 4.78 is 1.66. The molecule has 0 aliphatic carbocycles. The molecule has 23 heavy (non-hydrogen) atoms. The Hall–Kier alpha value is -2.83. The maximum absolute atomic E-state index is 12.6. The molecule has 3 rings (SSSR count). The highest BCUT2D eigenvalue weighted by atomic mass is 16.2. The number of imidazole rings is 1. The number of nitrogens with zero attached hydrogens (tertiary/aromatic N) is 2. The molecule has 0 spiro atoms. The van der Waals surface area contributed by atoms with Crippen LogP contribution in [0.15, 0.2) is 23.1 Å². The summed E-state index contributed by atoms with van der Waals surface area (Å²) in [5.74, 6) is -0.256. The first kappa shape index (κ1) is 15.1. The van der Waals surface area contributed by atoms with Gasteiger partial charge in [-0.2, -0.15) is 5.10 Å². The van der Waals surface area contributed by atoms with Gasteiger partial charge in [-0.25, -0.2) is 4.79 Å². The van der Waals surface area contributed by atoms with Crippen molar-refractivity contribution >= 4 is 22.6 Å². The molecular formula is C16H19N5O2. The third kappa shape index (κ3) is 2.54. The van der Waals surface area contributed by atoms with Crippen molar-refractivity contribution in [1.29, 1.82) is 0 Å². The van der Waals surface area contributed by atoms with E-state index in [2.05, 4.69) is 20.4 Å². The van der Waals surface area contributed by atoms with E-state index in [-0.39, 0.29) is 17.6 Å². The van der Waals surface area contributed by atoms with Gasteiger partial charge in [-0.05, 0) is 51.0 Å². The van der Waals surface area contributed by atoms with E-state index < -0.39 is 0 Å². The number of hydrogen-bond acceptors (Lipinski definition) is 3. The minimum Gasteiger partial charge on any atom is -0.319 e. The predicted molar refractivity (Wildman–Crippen MR) is 89.0 cm³/mol. The second kappa shape index (κ2) is 5.42. The number of H-pyrrole nitrogens is 2. The topological polar surface area (TPSA) is 95.6 Å². The Morgan fingerprint density at radius 1 is 1.30 bits per heavy atom. The molecule has 0 aliphatic heterocycles. The minimum absolute atomic E-state index is 0.0800. The number of rotatable bonds is 3. The quantitative estimate of drug-likeness (QED) is 0.693. The Morgan fingerprint density at radius 2 is 2.04 bits per heavy atom. The van der Waals surface area contributed by atoms with Gasteiger partial charge in [0.05, 0.1) is 16.7 Å². The monoisotopic (exact) mass is 313 g/mol. The zero-order valence-corrected chi connectivity index (χ0v) is 13.5. The number of fused-ring (bicyclic) bond motifs is 1. The van der Waals surface area contributed by atoms with E-state index in [1.807, 2.05) is 33.8 Å². The molecule has 120 valence electrons. The van der Waals surface area contributed by atoms with E-state index in [1.54, 1.807) is 16.9 Å². The summed E-state index contributed by atoms with van der Waals surface area (Å²) in [5, 5.41) is 7.09. The van der Waals surface area contributed by atoms with Crippen LogP contribution in [0.3, 0.4) is 0 Å². The average Bonchev–Trinajstić information content (AvgIpc) is 3.09. The molecule has 0 bridgehead atoms. The maximum atomic E-state index is 12.6. The number of amides is 1. The molecule has 0 atom stereocenters. The first-order chi connectivity index (χ1) is 10.9. The molecule has 7 nitrogen and oxygen atoms in total. The molecule has 2 aromatic heterocycles.